The van der Waals surface area contributed by atoms with E-state index in [4.69, 9.17) is 0 Å². The molecule has 2 aromatic heterocycles. The second kappa shape index (κ2) is 5.58. The highest BCUT2D eigenvalue weighted by Crippen LogP contribution is 2.10. The maximum absolute atomic E-state index is 11.6. The summed E-state index contributed by atoms with van der Waals surface area (Å²) in [5.74, 6) is 0.365. The monoisotopic (exact) mass is 250 g/mol. The lowest BCUT2D eigenvalue weighted by Gasteiger charge is -2.04. The summed E-state index contributed by atoms with van der Waals surface area (Å²) in [6.45, 7) is 0.653. The fourth-order valence-electron chi connectivity index (χ4n) is 1.51. The molecule has 0 bridgehead atoms. The Morgan fingerprint density at radius 1 is 1.53 bits per heavy atom. The van der Waals surface area contributed by atoms with Gasteiger partial charge in [-0.3, -0.25) is 4.57 Å². The third-order valence-corrected chi connectivity index (χ3v) is 3.33. The topological polar surface area (TPSA) is 59.8 Å². The minimum Gasteiger partial charge on any atom is -0.357 e. The molecule has 17 heavy (non-hydrogen) atoms. The van der Waals surface area contributed by atoms with E-state index in [0.717, 1.165) is 12.8 Å². The molecule has 0 spiro atoms. The van der Waals surface area contributed by atoms with Crippen LogP contribution in [0.25, 0.3) is 0 Å². The quantitative estimate of drug-likeness (QED) is 0.870. The van der Waals surface area contributed by atoms with Crippen LogP contribution in [-0.2, 0) is 13.0 Å². The summed E-state index contributed by atoms with van der Waals surface area (Å²) >= 11 is 1.74. The Balaban J connectivity index is 1.93. The number of aromatic nitrogens is 3. The molecule has 0 fully saturated rings. The summed E-state index contributed by atoms with van der Waals surface area (Å²) < 4.78 is 1.54. The standard InChI is InChI=1S/C11H14N4OS/c1-12-10-13-8-15(11(16)14-10)6-2-4-9-5-3-7-17-9/h3,5,7-8H,2,4,6H2,1H3,(H,12,14,16). The van der Waals surface area contributed by atoms with Crippen molar-refractivity contribution in [3.8, 4) is 0 Å². The van der Waals surface area contributed by atoms with E-state index in [1.165, 1.54) is 15.8 Å². The van der Waals surface area contributed by atoms with Crippen LogP contribution in [0.1, 0.15) is 11.3 Å². The van der Waals surface area contributed by atoms with Gasteiger partial charge in [0.15, 0.2) is 0 Å². The van der Waals surface area contributed by atoms with Crippen LogP contribution < -0.4 is 11.0 Å². The number of nitrogens with zero attached hydrogens (tertiary/aromatic N) is 3. The van der Waals surface area contributed by atoms with E-state index in [1.807, 2.05) is 6.07 Å². The first kappa shape index (κ1) is 11.8. The normalized spacial score (nSPS) is 10.4. The van der Waals surface area contributed by atoms with Crippen LogP contribution in [0.2, 0.25) is 0 Å². The van der Waals surface area contributed by atoms with Crippen molar-refractivity contribution in [2.45, 2.75) is 19.4 Å². The van der Waals surface area contributed by atoms with Crippen molar-refractivity contribution in [2.75, 3.05) is 12.4 Å². The van der Waals surface area contributed by atoms with Crippen LogP contribution in [0.5, 0.6) is 0 Å². The lowest BCUT2D eigenvalue weighted by molar-refractivity contribution is 0.597. The molecule has 6 heteroatoms. The molecule has 0 atom stereocenters. The summed E-state index contributed by atoms with van der Waals surface area (Å²) in [5.41, 5.74) is -0.254. The Bertz CT molecular complexity index is 521. The molecule has 0 aromatic carbocycles. The number of nitrogens with one attached hydrogen (secondary N) is 1. The Kier molecular flexibility index (Phi) is 3.87. The molecule has 0 unspecified atom stereocenters. The Hall–Kier alpha value is -1.69. The fourth-order valence-corrected chi connectivity index (χ4v) is 2.26. The summed E-state index contributed by atoms with van der Waals surface area (Å²) in [5, 5.41) is 4.80. The van der Waals surface area contributed by atoms with E-state index in [1.54, 1.807) is 18.4 Å². The number of rotatable bonds is 5. The fraction of sp³-hybridized carbons (Fsp3) is 0.364. The molecule has 0 aliphatic heterocycles. The van der Waals surface area contributed by atoms with Crippen molar-refractivity contribution in [1.82, 2.24) is 14.5 Å². The lowest BCUT2D eigenvalue weighted by atomic mass is 10.2. The highest BCUT2D eigenvalue weighted by atomic mass is 32.1. The zero-order chi connectivity index (χ0) is 12.1. The van der Waals surface area contributed by atoms with Crippen molar-refractivity contribution < 1.29 is 0 Å². The molecular weight excluding hydrogens is 236 g/mol. The minimum absolute atomic E-state index is 0.254. The second-order valence-electron chi connectivity index (χ2n) is 3.59. The molecule has 0 aliphatic rings. The molecule has 0 saturated heterocycles. The molecule has 0 aliphatic carbocycles. The van der Waals surface area contributed by atoms with Crippen LogP contribution in [-0.4, -0.2) is 21.6 Å². The van der Waals surface area contributed by atoms with Gasteiger partial charge in [-0.1, -0.05) is 6.07 Å². The van der Waals surface area contributed by atoms with E-state index in [2.05, 4.69) is 26.7 Å². The average molecular weight is 250 g/mol. The number of hydrogen-bond acceptors (Lipinski definition) is 5. The molecule has 0 radical (unpaired) electrons. The Labute approximate surface area is 103 Å². The van der Waals surface area contributed by atoms with Gasteiger partial charge in [0, 0.05) is 18.5 Å². The smallest absolute Gasteiger partial charge is 0.352 e. The van der Waals surface area contributed by atoms with Gasteiger partial charge in [0.1, 0.15) is 6.33 Å². The summed E-state index contributed by atoms with van der Waals surface area (Å²) in [7, 11) is 1.69. The van der Waals surface area contributed by atoms with Gasteiger partial charge in [0.05, 0.1) is 0 Å². The van der Waals surface area contributed by atoms with Gasteiger partial charge in [-0.15, -0.1) is 11.3 Å². The van der Waals surface area contributed by atoms with Crippen LogP contribution in [0.4, 0.5) is 5.95 Å². The number of thiophene rings is 1. The Morgan fingerprint density at radius 2 is 2.41 bits per heavy atom. The number of hydrogen-bond donors (Lipinski definition) is 1. The van der Waals surface area contributed by atoms with Crippen molar-refractivity contribution in [2.24, 2.45) is 0 Å². The van der Waals surface area contributed by atoms with Gasteiger partial charge >= 0.3 is 5.69 Å². The van der Waals surface area contributed by atoms with Crippen LogP contribution in [0.3, 0.4) is 0 Å². The van der Waals surface area contributed by atoms with Gasteiger partial charge < -0.3 is 5.32 Å². The first-order chi connectivity index (χ1) is 8.29. The molecule has 1 N–H and O–H groups in total. The summed E-state index contributed by atoms with van der Waals surface area (Å²) in [6, 6.07) is 4.14. The predicted molar refractivity (Wildman–Crippen MR) is 68.5 cm³/mol. The van der Waals surface area contributed by atoms with Gasteiger partial charge in [-0.05, 0) is 24.3 Å². The second-order valence-corrected chi connectivity index (χ2v) is 4.62. The highest BCUT2D eigenvalue weighted by molar-refractivity contribution is 7.09. The van der Waals surface area contributed by atoms with Gasteiger partial charge in [-0.2, -0.15) is 4.98 Å². The third-order valence-electron chi connectivity index (χ3n) is 2.39. The van der Waals surface area contributed by atoms with Crippen molar-refractivity contribution in [3.63, 3.8) is 0 Å². The van der Waals surface area contributed by atoms with Crippen LogP contribution in [0.15, 0.2) is 28.6 Å². The molecule has 0 saturated carbocycles. The summed E-state index contributed by atoms with van der Waals surface area (Å²) in [4.78, 5) is 20.7. The largest absolute Gasteiger partial charge is 0.357 e. The first-order valence-electron chi connectivity index (χ1n) is 5.43. The van der Waals surface area contributed by atoms with Crippen LogP contribution >= 0.6 is 11.3 Å². The maximum Gasteiger partial charge on any atom is 0.352 e. The number of anilines is 1. The first-order valence-corrected chi connectivity index (χ1v) is 6.31. The van der Waals surface area contributed by atoms with Crippen molar-refractivity contribution in [3.05, 3.63) is 39.2 Å². The van der Waals surface area contributed by atoms with E-state index in [0.29, 0.717) is 12.5 Å². The van der Waals surface area contributed by atoms with Crippen molar-refractivity contribution in [1.29, 1.82) is 0 Å². The highest BCUT2D eigenvalue weighted by Gasteiger charge is 2.00. The Morgan fingerprint density at radius 3 is 3.06 bits per heavy atom. The maximum atomic E-state index is 11.6. The molecule has 0 amide bonds. The average Bonchev–Trinajstić information content (AvgIpc) is 2.84. The minimum atomic E-state index is -0.254. The summed E-state index contributed by atoms with van der Waals surface area (Å²) in [6.07, 6.45) is 3.44. The molecule has 5 nitrogen and oxygen atoms in total. The van der Waals surface area contributed by atoms with Gasteiger partial charge in [-0.25, -0.2) is 9.78 Å². The SMILES string of the molecule is CNc1ncn(CCCc2cccs2)c(=O)n1. The van der Waals surface area contributed by atoms with E-state index in [9.17, 15) is 4.79 Å². The van der Waals surface area contributed by atoms with Gasteiger partial charge in [0.2, 0.25) is 5.95 Å². The molecule has 2 heterocycles. The molecule has 2 aromatic rings. The zero-order valence-electron chi connectivity index (χ0n) is 9.59. The predicted octanol–water partition coefficient (Wildman–Crippen LogP) is 1.37. The molecular formula is C11H14N4OS. The van der Waals surface area contributed by atoms with Crippen molar-refractivity contribution >= 4 is 17.3 Å². The third kappa shape index (κ3) is 3.13. The van der Waals surface area contributed by atoms with E-state index in [-0.39, 0.29) is 5.69 Å². The lowest BCUT2D eigenvalue weighted by Crippen LogP contribution is -2.24. The van der Waals surface area contributed by atoms with E-state index < -0.39 is 0 Å². The van der Waals surface area contributed by atoms with Crippen LogP contribution in [0, 0.1) is 0 Å². The van der Waals surface area contributed by atoms with Gasteiger partial charge in [0.25, 0.3) is 0 Å². The zero-order valence-corrected chi connectivity index (χ0v) is 10.4. The number of aryl methyl sites for hydroxylation is 2. The molecule has 90 valence electrons. The van der Waals surface area contributed by atoms with E-state index >= 15 is 0 Å². The molecule has 2 rings (SSSR count).